The Kier molecular flexibility index (Phi) is 6.60. The predicted molar refractivity (Wildman–Crippen MR) is 129 cm³/mol. The highest BCUT2D eigenvalue weighted by molar-refractivity contribution is 5.66. The molecule has 2 aromatic heterocycles. The number of pyridine rings is 1. The van der Waals surface area contributed by atoms with Crippen LogP contribution in [0, 0.1) is 5.82 Å². The molecule has 1 unspecified atom stereocenters. The van der Waals surface area contributed by atoms with Gasteiger partial charge in [0.15, 0.2) is 0 Å². The number of anilines is 1. The molecule has 2 aliphatic rings. The monoisotopic (exact) mass is 446 g/mol. The summed E-state index contributed by atoms with van der Waals surface area (Å²) in [6.07, 6.45) is 7.89. The predicted octanol–water partition coefficient (Wildman–Crippen LogP) is 3.81. The Morgan fingerprint density at radius 2 is 1.73 bits per heavy atom. The molecule has 0 saturated carbocycles. The van der Waals surface area contributed by atoms with Gasteiger partial charge in [0, 0.05) is 69.3 Å². The van der Waals surface area contributed by atoms with Crippen LogP contribution in [-0.4, -0.2) is 71.1 Å². The first-order valence-corrected chi connectivity index (χ1v) is 11.8. The van der Waals surface area contributed by atoms with E-state index in [-0.39, 0.29) is 5.82 Å². The Balaban J connectivity index is 1.42. The number of piperidine rings is 1. The SMILES string of the molecule is CN1CCN(c2ncc(-c3ccncc3)c(C3CCCN(Cc4ccc(F)cc4)C3)n2)CC1. The highest BCUT2D eigenvalue weighted by Crippen LogP contribution is 2.34. The topological polar surface area (TPSA) is 48.4 Å². The van der Waals surface area contributed by atoms with Crippen LogP contribution in [-0.2, 0) is 6.54 Å². The van der Waals surface area contributed by atoms with E-state index >= 15 is 0 Å². The van der Waals surface area contributed by atoms with Crippen molar-refractivity contribution in [3.05, 3.63) is 72.1 Å². The van der Waals surface area contributed by atoms with Gasteiger partial charge in [0.2, 0.25) is 5.95 Å². The van der Waals surface area contributed by atoms with Gasteiger partial charge in [-0.25, -0.2) is 14.4 Å². The lowest BCUT2D eigenvalue weighted by Gasteiger charge is -2.35. The van der Waals surface area contributed by atoms with Gasteiger partial charge < -0.3 is 9.80 Å². The molecule has 0 spiro atoms. The normalized spacial score (nSPS) is 20.2. The zero-order valence-corrected chi connectivity index (χ0v) is 19.2. The maximum Gasteiger partial charge on any atom is 0.225 e. The number of benzene rings is 1. The van der Waals surface area contributed by atoms with Gasteiger partial charge in [-0.05, 0) is 61.8 Å². The van der Waals surface area contributed by atoms with E-state index in [2.05, 4.69) is 26.7 Å². The summed E-state index contributed by atoms with van der Waals surface area (Å²) in [5.41, 5.74) is 4.49. The molecule has 4 heterocycles. The van der Waals surface area contributed by atoms with Crippen molar-refractivity contribution < 1.29 is 4.39 Å². The lowest BCUT2D eigenvalue weighted by molar-refractivity contribution is 0.198. The summed E-state index contributed by atoms with van der Waals surface area (Å²) in [5, 5.41) is 0. The summed E-state index contributed by atoms with van der Waals surface area (Å²) < 4.78 is 13.3. The third kappa shape index (κ3) is 5.20. The molecule has 2 aliphatic heterocycles. The standard InChI is InChI=1S/C26H31FN6/c1-31-13-15-33(16-14-31)26-29-17-24(21-8-10-28-11-9-21)25(30-26)22-3-2-12-32(19-22)18-20-4-6-23(27)7-5-20/h4-11,17,22H,2-3,12-16,18-19H2,1H3. The number of piperazine rings is 1. The molecule has 6 nitrogen and oxygen atoms in total. The summed E-state index contributed by atoms with van der Waals surface area (Å²) in [5.74, 6) is 0.984. The van der Waals surface area contributed by atoms with Crippen LogP contribution in [0.1, 0.15) is 30.0 Å². The second kappa shape index (κ2) is 9.93. The smallest absolute Gasteiger partial charge is 0.225 e. The molecule has 0 bridgehead atoms. The number of aromatic nitrogens is 3. The van der Waals surface area contributed by atoms with Crippen LogP contribution in [0.4, 0.5) is 10.3 Å². The van der Waals surface area contributed by atoms with Crippen molar-refractivity contribution >= 4 is 5.95 Å². The molecule has 5 rings (SSSR count). The summed E-state index contributed by atoms with van der Waals surface area (Å²) in [4.78, 5) is 21.3. The molecular formula is C26H31FN6. The molecule has 1 aromatic carbocycles. The third-order valence-corrected chi connectivity index (χ3v) is 6.79. The minimum atomic E-state index is -0.185. The lowest BCUT2D eigenvalue weighted by Crippen LogP contribution is -2.45. The first kappa shape index (κ1) is 21.9. The minimum Gasteiger partial charge on any atom is -0.338 e. The van der Waals surface area contributed by atoms with Gasteiger partial charge in [0.05, 0.1) is 5.69 Å². The molecule has 0 radical (unpaired) electrons. The molecule has 2 saturated heterocycles. The van der Waals surface area contributed by atoms with E-state index in [1.807, 2.05) is 42.9 Å². The molecule has 0 aliphatic carbocycles. The summed E-state index contributed by atoms with van der Waals surface area (Å²) >= 11 is 0. The van der Waals surface area contributed by atoms with E-state index < -0.39 is 0 Å². The quantitative estimate of drug-likeness (QED) is 0.594. The first-order valence-electron chi connectivity index (χ1n) is 11.8. The number of hydrogen-bond acceptors (Lipinski definition) is 6. The Hall–Kier alpha value is -2.90. The lowest BCUT2D eigenvalue weighted by atomic mass is 9.90. The average molecular weight is 447 g/mol. The molecule has 0 N–H and O–H groups in total. The molecule has 1 atom stereocenters. The van der Waals surface area contributed by atoms with Crippen LogP contribution in [0.25, 0.3) is 11.1 Å². The zero-order chi connectivity index (χ0) is 22.6. The van der Waals surface area contributed by atoms with E-state index in [1.54, 1.807) is 12.1 Å². The van der Waals surface area contributed by atoms with Crippen molar-refractivity contribution in [3.63, 3.8) is 0 Å². The van der Waals surface area contributed by atoms with Crippen LogP contribution in [0.5, 0.6) is 0 Å². The highest BCUT2D eigenvalue weighted by atomic mass is 19.1. The second-order valence-corrected chi connectivity index (χ2v) is 9.20. The molecule has 3 aromatic rings. The van der Waals surface area contributed by atoms with Gasteiger partial charge in [-0.2, -0.15) is 0 Å². The van der Waals surface area contributed by atoms with Crippen LogP contribution in [0.3, 0.4) is 0 Å². The van der Waals surface area contributed by atoms with Gasteiger partial charge in [-0.15, -0.1) is 0 Å². The largest absolute Gasteiger partial charge is 0.338 e. The van der Waals surface area contributed by atoms with E-state index in [0.717, 1.165) is 87.0 Å². The molecule has 7 heteroatoms. The Morgan fingerprint density at radius 1 is 0.970 bits per heavy atom. The fourth-order valence-corrected chi connectivity index (χ4v) is 4.88. The Bertz CT molecular complexity index is 1050. The van der Waals surface area contributed by atoms with Gasteiger partial charge in [-0.1, -0.05) is 12.1 Å². The molecule has 2 fully saturated rings. The number of halogens is 1. The summed E-state index contributed by atoms with van der Waals surface area (Å²) in [6.45, 7) is 6.78. The van der Waals surface area contributed by atoms with Crippen molar-refractivity contribution in [1.29, 1.82) is 0 Å². The second-order valence-electron chi connectivity index (χ2n) is 9.20. The number of likely N-dealkylation sites (tertiary alicyclic amines) is 1. The van der Waals surface area contributed by atoms with E-state index in [0.29, 0.717) is 5.92 Å². The van der Waals surface area contributed by atoms with Gasteiger partial charge in [-0.3, -0.25) is 9.88 Å². The Morgan fingerprint density at radius 3 is 2.48 bits per heavy atom. The number of nitrogens with zero attached hydrogens (tertiary/aromatic N) is 6. The zero-order valence-electron chi connectivity index (χ0n) is 19.2. The number of rotatable bonds is 5. The van der Waals surface area contributed by atoms with E-state index in [4.69, 9.17) is 9.97 Å². The first-order chi connectivity index (χ1) is 16.2. The van der Waals surface area contributed by atoms with Crippen LogP contribution >= 0.6 is 0 Å². The summed E-state index contributed by atoms with van der Waals surface area (Å²) in [6, 6.07) is 10.9. The fraction of sp³-hybridized carbons (Fsp3) is 0.423. The minimum absolute atomic E-state index is 0.185. The van der Waals surface area contributed by atoms with Crippen molar-refractivity contribution in [2.24, 2.45) is 0 Å². The van der Waals surface area contributed by atoms with Crippen molar-refractivity contribution in [2.45, 2.75) is 25.3 Å². The number of likely N-dealkylation sites (N-methyl/N-ethyl adjacent to an activating group) is 1. The molecular weight excluding hydrogens is 415 g/mol. The van der Waals surface area contributed by atoms with Gasteiger partial charge in [0.1, 0.15) is 5.82 Å². The summed E-state index contributed by atoms with van der Waals surface area (Å²) in [7, 11) is 2.16. The van der Waals surface area contributed by atoms with E-state index in [1.165, 1.54) is 0 Å². The molecule has 172 valence electrons. The average Bonchev–Trinajstić information content (AvgIpc) is 2.86. The van der Waals surface area contributed by atoms with Crippen LogP contribution in [0.2, 0.25) is 0 Å². The van der Waals surface area contributed by atoms with Crippen molar-refractivity contribution in [3.8, 4) is 11.1 Å². The Labute approximate surface area is 195 Å². The maximum atomic E-state index is 13.3. The maximum absolute atomic E-state index is 13.3. The highest BCUT2D eigenvalue weighted by Gasteiger charge is 2.27. The van der Waals surface area contributed by atoms with Crippen LogP contribution in [0.15, 0.2) is 55.0 Å². The number of hydrogen-bond donors (Lipinski definition) is 0. The molecule has 0 amide bonds. The van der Waals surface area contributed by atoms with E-state index in [9.17, 15) is 4.39 Å². The van der Waals surface area contributed by atoms with Crippen molar-refractivity contribution in [1.82, 2.24) is 24.8 Å². The third-order valence-electron chi connectivity index (χ3n) is 6.79. The van der Waals surface area contributed by atoms with Crippen LogP contribution < -0.4 is 4.90 Å². The van der Waals surface area contributed by atoms with Crippen molar-refractivity contribution in [2.75, 3.05) is 51.2 Å². The fourth-order valence-electron chi connectivity index (χ4n) is 4.88. The molecule has 33 heavy (non-hydrogen) atoms. The van der Waals surface area contributed by atoms with Gasteiger partial charge >= 0.3 is 0 Å². The van der Waals surface area contributed by atoms with Gasteiger partial charge in [0.25, 0.3) is 0 Å².